The van der Waals surface area contributed by atoms with E-state index in [9.17, 15) is 14.7 Å². The number of aliphatic carboxylic acids is 2. The number of carboxylic acids is 2. The third kappa shape index (κ3) is 12.8. The summed E-state index contributed by atoms with van der Waals surface area (Å²) < 4.78 is 0. The van der Waals surface area contributed by atoms with Crippen molar-refractivity contribution in [1.29, 1.82) is 0 Å². The molecule has 0 saturated carbocycles. The molecule has 0 aromatic heterocycles. The maximum absolute atomic E-state index is 11.4. The fourth-order valence-corrected chi connectivity index (χ4v) is 1.44. The van der Waals surface area contributed by atoms with Gasteiger partial charge in [-0.15, -0.1) is 0 Å². The van der Waals surface area contributed by atoms with Crippen LogP contribution in [0.15, 0.2) is 4.99 Å². The van der Waals surface area contributed by atoms with Crippen molar-refractivity contribution in [3.63, 3.8) is 0 Å². The molecule has 7 heteroatoms. The molecule has 0 rings (SSSR count). The molecule has 6 nitrogen and oxygen atoms in total. The van der Waals surface area contributed by atoms with Crippen LogP contribution >= 0.6 is 0 Å². The van der Waals surface area contributed by atoms with Gasteiger partial charge in [0, 0.05) is 6.42 Å². The van der Waals surface area contributed by atoms with Crippen LogP contribution in [0.25, 0.3) is 0 Å². The number of hydrogen-bond acceptors (Lipinski definition) is 4. The van der Waals surface area contributed by atoms with Crippen LogP contribution in [0.5, 0.6) is 0 Å². The summed E-state index contributed by atoms with van der Waals surface area (Å²) in [4.78, 5) is 24.7. The SMILES string of the molecule is CCCCCCC([O-])=N[C@@H](CCC(=O)O)C(=O)O.[K+]. The summed E-state index contributed by atoms with van der Waals surface area (Å²) in [6, 6.07) is -1.24. The first-order valence-electron chi connectivity index (χ1n) is 6.15. The van der Waals surface area contributed by atoms with Crippen molar-refractivity contribution in [1.82, 2.24) is 0 Å². The molecule has 0 unspecified atom stereocenters. The summed E-state index contributed by atoms with van der Waals surface area (Å²) in [7, 11) is 0. The molecule has 0 amide bonds. The molecule has 0 heterocycles. The maximum atomic E-state index is 11.4. The second-order valence-corrected chi connectivity index (χ2v) is 4.12. The first-order valence-corrected chi connectivity index (χ1v) is 6.15. The molecule has 19 heavy (non-hydrogen) atoms. The number of aliphatic imine (C=N–C) groups is 1. The molecule has 0 aromatic carbocycles. The van der Waals surface area contributed by atoms with Crippen molar-refractivity contribution in [3.8, 4) is 0 Å². The molecule has 0 aliphatic heterocycles. The van der Waals surface area contributed by atoms with E-state index in [-0.39, 0.29) is 70.6 Å². The van der Waals surface area contributed by atoms with Gasteiger partial charge in [-0.2, -0.15) is 0 Å². The Morgan fingerprint density at radius 2 is 1.79 bits per heavy atom. The number of nitrogens with zero attached hydrogens (tertiary/aromatic N) is 1. The third-order valence-corrected chi connectivity index (χ3v) is 2.46. The predicted octanol–water partition coefficient (Wildman–Crippen LogP) is -1.96. The van der Waals surface area contributed by atoms with Crippen LogP contribution in [0.2, 0.25) is 0 Å². The average Bonchev–Trinajstić information content (AvgIpc) is 2.29. The quantitative estimate of drug-likeness (QED) is 0.210. The van der Waals surface area contributed by atoms with Crippen molar-refractivity contribution < 1.29 is 76.3 Å². The van der Waals surface area contributed by atoms with Gasteiger partial charge in [-0.05, 0) is 25.2 Å². The molecule has 104 valence electrons. The zero-order chi connectivity index (χ0) is 14.0. The van der Waals surface area contributed by atoms with Crippen LogP contribution in [0.1, 0.15) is 51.9 Å². The van der Waals surface area contributed by atoms with E-state index in [1.807, 2.05) is 0 Å². The maximum Gasteiger partial charge on any atom is 1.00 e. The molecule has 0 fully saturated rings. The largest absolute Gasteiger partial charge is 1.00 e. The normalized spacial score (nSPS) is 12.6. The van der Waals surface area contributed by atoms with E-state index in [0.717, 1.165) is 19.3 Å². The smallest absolute Gasteiger partial charge is 0.862 e. The molecule has 0 aliphatic carbocycles. The second-order valence-electron chi connectivity index (χ2n) is 4.12. The van der Waals surface area contributed by atoms with Gasteiger partial charge in [-0.3, -0.25) is 9.79 Å². The van der Waals surface area contributed by atoms with Crippen LogP contribution < -0.4 is 56.5 Å². The Morgan fingerprint density at radius 1 is 1.16 bits per heavy atom. The van der Waals surface area contributed by atoms with Gasteiger partial charge >= 0.3 is 63.3 Å². The van der Waals surface area contributed by atoms with E-state index in [1.165, 1.54) is 0 Å². The molecule has 2 N–H and O–H groups in total. The summed E-state index contributed by atoms with van der Waals surface area (Å²) in [6.45, 7) is 2.05. The number of unbranched alkanes of at least 4 members (excludes halogenated alkanes) is 3. The molecule has 0 saturated heterocycles. The van der Waals surface area contributed by atoms with Gasteiger partial charge in [0.2, 0.25) is 0 Å². The minimum Gasteiger partial charge on any atom is -0.862 e. The van der Waals surface area contributed by atoms with Gasteiger partial charge in [0.05, 0.1) is 0 Å². The number of carbonyl (C=O) groups is 2. The summed E-state index contributed by atoms with van der Waals surface area (Å²) >= 11 is 0. The Bertz CT molecular complexity index is 306. The van der Waals surface area contributed by atoms with Crippen molar-refractivity contribution in [2.45, 2.75) is 57.9 Å². The average molecular weight is 297 g/mol. The van der Waals surface area contributed by atoms with Gasteiger partial charge in [0.15, 0.2) is 0 Å². The standard InChI is InChI=1S/C12H21NO5.K/c1-2-3-4-5-6-10(14)13-9(12(17)18)7-8-11(15)16;/h9H,2-8H2,1H3,(H,13,14)(H,15,16)(H,17,18);/q;+1/p-1/t9-;/m0./s1. The number of carboxylic acid groups (broad SMARTS) is 2. The predicted molar refractivity (Wildman–Crippen MR) is 64.5 cm³/mol. The summed E-state index contributed by atoms with van der Waals surface area (Å²) in [5, 5.41) is 28.7. The Balaban J connectivity index is 0. The van der Waals surface area contributed by atoms with Gasteiger partial charge in [-0.25, -0.2) is 4.79 Å². The van der Waals surface area contributed by atoms with E-state index in [1.54, 1.807) is 0 Å². The topological polar surface area (TPSA) is 110 Å². The van der Waals surface area contributed by atoms with E-state index < -0.39 is 23.9 Å². The molecule has 0 spiro atoms. The number of rotatable bonds is 10. The summed E-state index contributed by atoms with van der Waals surface area (Å²) in [5.74, 6) is -2.80. The first kappa shape index (κ1) is 21.3. The molecule has 0 radical (unpaired) electrons. The van der Waals surface area contributed by atoms with E-state index in [4.69, 9.17) is 10.2 Å². The fourth-order valence-electron chi connectivity index (χ4n) is 1.44. The van der Waals surface area contributed by atoms with Crippen molar-refractivity contribution in [2.24, 2.45) is 4.99 Å². The van der Waals surface area contributed by atoms with Crippen LogP contribution in [0.4, 0.5) is 0 Å². The summed E-state index contributed by atoms with van der Waals surface area (Å²) in [5.41, 5.74) is 0. The van der Waals surface area contributed by atoms with Crippen molar-refractivity contribution in [3.05, 3.63) is 0 Å². The molecule has 0 bridgehead atoms. The molecule has 0 aliphatic rings. The molecule has 1 atom stereocenters. The Hall–Kier alpha value is 0.0464. The fraction of sp³-hybridized carbons (Fsp3) is 0.750. The third-order valence-electron chi connectivity index (χ3n) is 2.46. The zero-order valence-corrected chi connectivity index (χ0v) is 14.7. The molecular formula is C12H20KNO5. The van der Waals surface area contributed by atoms with Crippen LogP contribution in [0, 0.1) is 0 Å². The van der Waals surface area contributed by atoms with Crippen LogP contribution in [-0.2, 0) is 9.59 Å². The van der Waals surface area contributed by atoms with Gasteiger partial charge < -0.3 is 15.3 Å². The van der Waals surface area contributed by atoms with Gasteiger partial charge in [0.1, 0.15) is 6.04 Å². The second kappa shape index (κ2) is 13.0. The van der Waals surface area contributed by atoms with E-state index in [0.29, 0.717) is 6.42 Å². The van der Waals surface area contributed by atoms with Crippen LogP contribution in [0.3, 0.4) is 0 Å². The van der Waals surface area contributed by atoms with Gasteiger partial charge in [0.25, 0.3) is 0 Å². The van der Waals surface area contributed by atoms with E-state index in [2.05, 4.69) is 11.9 Å². The zero-order valence-electron chi connectivity index (χ0n) is 11.6. The van der Waals surface area contributed by atoms with Crippen molar-refractivity contribution >= 4 is 17.8 Å². The molecular weight excluding hydrogens is 277 g/mol. The van der Waals surface area contributed by atoms with Crippen molar-refractivity contribution in [2.75, 3.05) is 0 Å². The minimum atomic E-state index is -1.25. The number of hydrogen-bond donors (Lipinski definition) is 2. The summed E-state index contributed by atoms with van der Waals surface area (Å²) in [6.07, 6.45) is 3.49. The first-order chi connectivity index (χ1) is 8.47. The van der Waals surface area contributed by atoms with E-state index >= 15 is 0 Å². The minimum absolute atomic E-state index is 0. The Kier molecular flexibility index (Phi) is 14.7. The van der Waals surface area contributed by atoms with Crippen LogP contribution in [-0.4, -0.2) is 34.1 Å². The molecule has 0 aromatic rings. The Labute approximate surface area is 155 Å². The van der Waals surface area contributed by atoms with Gasteiger partial charge in [-0.1, -0.05) is 26.2 Å². The monoisotopic (exact) mass is 297 g/mol. The Morgan fingerprint density at radius 3 is 2.26 bits per heavy atom.